The topological polar surface area (TPSA) is 89.5 Å². The van der Waals surface area contributed by atoms with E-state index in [0.29, 0.717) is 18.7 Å². The molecule has 2 heterocycles. The third-order valence-corrected chi connectivity index (χ3v) is 6.46. The van der Waals surface area contributed by atoms with Gasteiger partial charge >= 0.3 is 6.03 Å². The molecule has 0 atom stereocenters. The molecule has 1 saturated heterocycles. The highest BCUT2D eigenvalue weighted by atomic mass is 16.3. The van der Waals surface area contributed by atoms with E-state index in [1.54, 1.807) is 12.3 Å². The number of aliphatic hydroxyl groups is 1. The van der Waals surface area contributed by atoms with Gasteiger partial charge in [0.2, 0.25) is 0 Å². The Hall–Kier alpha value is -3.42. The van der Waals surface area contributed by atoms with Crippen LogP contribution >= 0.6 is 0 Å². The second-order valence-corrected chi connectivity index (χ2v) is 9.20. The summed E-state index contributed by atoms with van der Waals surface area (Å²) in [6, 6.07) is 23.8. The standard InChI is InChI=1S/C28H35N5O2/c34-27(32-25-12-16-30-26(21-25)29-15-11-23-7-3-1-4-8-23)31-17-20-33-18-13-28(35,14-19-33)22-24-9-5-2-6-10-24/h1-10,12,16,21,35H,11,13-15,17-20,22H2,(H3,29,30,31,32,34). The number of aromatic nitrogens is 1. The third kappa shape index (κ3) is 8.09. The molecule has 184 valence electrons. The van der Waals surface area contributed by atoms with Gasteiger partial charge in [-0.2, -0.15) is 0 Å². The van der Waals surface area contributed by atoms with Crippen LogP contribution in [0, 0.1) is 0 Å². The molecule has 0 radical (unpaired) electrons. The molecule has 0 spiro atoms. The summed E-state index contributed by atoms with van der Waals surface area (Å²) in [7, 11) is 0. The number of rotatable bonds is 10. The molecule has 4 rings (SSSR count). The highest BCUT2D eigenvalue weighted by Crippen LogP contribution is 2.26. The van der Waals surface area contributed by atoms with Gasteiger partial charge in [0.1, 0.15) is 5.82 Å². The number of likely N-dealkylation sites (tertiary alicyclic amines) is 1. The summed E-state index contributed by atoms with van der Waals surface area (Å²) >= 11 is 0. The van der Waals surface area contributed by atoms with Gasteiger partial charge < -0.3 is 26.0 Å². The molecule has 35 heavy (non-hydrogen) atoms. The smallest absolute Gasteiger partial charge is 0.319 e. The maximum absolute atomic E-state index is 12.3. The highest BCUT2D eigenvalue weighted by molar-refractivity contribution is 5.89. The summed E-state index contributed by atoms with van der Waals surface area (Å²) in [6.07, 6.45) is 4.76. The van der Waals surface area contributed by atoms with Crippen LogP contribution in [0.1, 0.15) is 24.0 Å². The minimum Gasteiger partial charge on any atom is -0.389 e. The number of nitrogens with one attached hydrogen (secondary N) is 3. The Morgan fingerprint density at radius 3 is 2.34 bits per heavy atom. The number of anilines is 2. The Labute approximate surface area is 207 Å². The molecular formula is C28H35N5O2. The highest BCUT2D eigenvalue weighted by Gasteiger charge is 2.32. The van der Waals surface area contributed by atoms with Crippen molar-refractivity contribution in [2.45, 2.75) is 31.3 Å². The summed E-state index contributed by atoms with van der Waals surface area (Å²) in [5.74, 6) is 0.732. The molecule has 2 amide bonds. The number of hydrogen-bond donors (Lipinski definition) is 4. The molecule has 1 aliphatic rings. The van der Waals surface area contributed by atoms with Gasteiger partial charge in [0.25, 0.3) is 0 Å². The van der Waals surface area contributed by atoms with Gasteiger partial charge in [-0.25, -0.2) is 9.78 Å². The predicted octanol–water partition coefficient (Wildman–Crippen LogP) is 3.93. The number of carbonyl (C=O) groups is 1. The molecule has 1 aliphatic heterocycles. The Bertz CT molecular complexity index is 1050. The van der Waals surface area contributed by atoms with E-state index in [1.807, 2.05) is 42.5 Å². The maximum atomic E-state index is 12.3. The van der Waals surface area contributed by atoms with E-state index < -0.39 is 5.60 Å². The normalized spacial score (nSPS) is 15.3. The van der Waals surface area contributed by atoms with Crippen molar-refractivity contribution in [1.29, 1.82) is 0 Å². The van der Waals surface area contributed by atoms with Crippen LogP contribution in [-0.2, 0) is 12.8 Å². The van der Waals surface area contributed by atoms with Crippen LogP contribution in [0.4, 0.5) is 16.3 Å². The fourth-order valence-electron chi connectivity index (χ4n) is 4.43. The third-order valence-electron chi connectivity index (χ3n) is 6.46. The van der Waals surface area contributed by atoms with Crippen LogP contribution in [0.25, 0.3) is 0 Å². The van der Waals surface area contributed by atoms with E-state index in [0.717, 1.165) is 51.3 Å². The van der Waals surface area contributed by atoms with Crippen LogP contribution in [-0.4, -0.2) is 59.3 Å². The first-order valence-electron chi connectivity index (χ1n) is 12.4. The minimum absolute atomic E-state index is 0.232. The van der Waals surface area contributed by atoms with Crippen LogP contribution < -0.4 is 16.0 Å². The Balaban J connectivity index is 1.13. The molecule has 1 aromatic heterocycles. The van der Waals surface area contributed by atoms with Gasteiger partial charge in [0.15, 0.2) is 0 Å². The number of amides is 2. The first-order chi connectivity index (χ1) is 17.1. The van der Waals surface area contributed by atoms with Gasteiger partial charge in [0.05, 0.1) is 5.60 Å². The molecular weight excluding hydrogens is 438 g/mol. The van der Waals surface area contributed by atoms with Crippen molar-refractivity contribution in [2.24, 2.45) is 0 Å². The number of nitrogens with zero attached hydrogens (tertiary/aromatic N) is 2. The SMILES string of the molecule is O=C(NCCN1CCC(O)(Cc2ccccc2)CC1)Nc1ccnc(NCCc2ccccc2)c1. The fourth-order valence-corrected chi connectivity index (χ4v) is 4.43. The van der Waals surface area contributed by atoms with Crippen molar-refractivity contribution in [2.75, 3.05) is 43.4 Å². The van der Waals surface area contributed by atoms with Crippen molar-refractivity contribution < 1.29 is 9.90 Å². The van der Waals surface area contributed by atoms with Gasteiger partial charge in [-0.3, -0.25) is 0 Å². The van der Waals surface area contributed by atoms with E-state index in [2.05, 4.69) is 50.1 Å². The minimum atomic E-state index is -0.642. The fraction of sp³-hybridized carbons (Fsp3) is 0.357. The average Bonchev–Trinajstić information content (AvgIpc) is 2.87. The zero-order chi connectivity index (χ0) is 24.3. The van der Waals surface area contributed by atoms with Crippen LogP contribution in [0.15, 0.2) is 79.0 Å². The van der Waals surface area contributed by atoms with Gasteiger partial charge in [0, 0.05) is 57.1 Å². The quantitative estimate of drug-likeness (QED) is 0.358. The molecule has 7 nitrogen and oxygen atoms in total. The lowest BCUT2D eigenvalue weighted by molar-refractivity contribution is -0.0201. The Kier molecular flexibility index (Phi) is 8.70. The molecule has 4 N–H and O–H groups in total. The molecule has 0 bridgehead atoms. The van der Waals surface area contributed by atoms with Gasteiger partial charge in [-0.1, -0.05) is 60.7 Å². The lowest BCUT2D eigenvalue weighted by atomic mass is 9.85. The number of benzene rings is 2. The largest absolute Gasteiger partial charge is 0.389 e. The van der Waals surface area contributed by atoms with E-state index >= 15 is 0 Å². The number of carbonyl (C=O) groups excluding carboxylic acids is 1. The zero-order valence-corrected chi connectivity index (χ0v) is 20.1. The van der Waals surface area contributed by atoms with E-state index in [9.17, 15) is 9.90 Å². The monoisotopic (exact) mass is 473 g/mol. The van der Waals surface area contributed by atoms with Crippen molar-refractivity contribution in [3.8, 4) is 0 Å². The molecule has 2 aromatic carbocycles. The summed E-state index contributed by atoms with van der Waals surface area (Å²) in [5, 5.41) is 20.1. The van der Waals surface area contributed by atoms with Crippen molar-refractivity contribution in [3.63, 3.8) is 0 Å². The molecule has 3 aromatic rings. The Morgan fingerprint density at radius 1 is 0.943 bits per heavy atom. The first-order valence-corrected chi connectivity index (χ1v) is 12.4. The first kappa shape index (κ1) is 24.7. The van der Waals surface area contributed by atoms with Gasteiger partial charge in [-0.15, -0.1) is 0 Å². The predicted molar refractivity (Wildman–Crippen MR) is 141 cm³/mol. The molecule has 7 heteroatoms. The van der Waals surface area contributed by atoms with E-state index in [4.69, 9.17) is 0 Å². The molecule has 0 aliphatic carbocycles. The summed E-state index contributed by atoms with van der Waals surface area (Å²) in [5.41, 5.74) is 2.50. The number of urea groups is 1. The van der Waals surface area contributed by atoms with Crippen molar-refractivity contribution >= 4 is 17.5 Å². The van der Waals surface area contributed by atoms with Crippen LogP contribution in [0.5, 0.6) is 0 Å². The van der Waals surface area contributed by atoms with E-state index in [-0.39, 0.29) is 6.03 Å². The van der Waals surface area contributed by atoms with Crippen molar-refractivity contribution in [1.82, 2.24) is 15.2 Å². The average molecular weight is 474 g/mol. The summed E-state index contributed by atoms with van der Waals surface area (Å²) in [4.78, 5) is 19.0. The van der Waals surface area contributed by atoms with Crippen LogP contribution in [0.2, 0.25) is 0 Å². The molecule has 0 saturated carbocycles. The summed E-state index contributed by atoms with van der Waals surface area (Å²) < 4.78 is 0. The maximum Gasteiger partial charge on any atom is 0.319 e. The van der Waals surface area contributed by atoms with Crippen LogP contribution in [0.3, 0.4) is 0 Å². The lowest BCUT2D eigenvalue weighted by Gasteiger charge is -2.38. The zero-order valence-electron chi connectivity index (χ0n) is 20.1. The molecule has 1 fully saturated rings. The van der Waals surface area contributed by atoms with Gasteiger partial charge in [-0.05, 0) is 36.5 Å². The van der Waals surface area contributed by atoms with E-state index in [1.165, 1.54) is 11.1 Å². The second-order valence-electron chi connectivity index (χ2n) is 9.20. The number of hydrogen-bond acceptors (Lipinski definition) is 5. The Morgan fingerprint density at radius 2 is 1.63 bits per heavy atom. The number of piperidine rings is 1. The molecule has 0 unspecified atom stereocenters. The lowest BCUT2D eigenvalue weighted by Crippen LogP contribution is -2.47. The number of pyridine rings is 1. The summed E-state index contributed by atoms with van der Waals surface area (Å²) in [6.45, 7) is 3.74. The van der Waals surface area contributed by atoms with Crippen molar-refractivity contribution in [3.05, 3.63) is 90.1 Å². The second kappa shape index (κ2) is 12.3.